The monoisotopic (exact) mass is 512 g/mol. The fourth-order valence-corrected chi connectivity index (χ4v) is 3.35. The molecule has 0 saturated carbocycles. The van der Waals surface area contributed by atoms with Crippen LogP contribution in [-0.2, 0) is 14.2 Å². The minimum atomic E-state index is -2.42. The number of aliphatic hydroxyl groups is 6. The summed E-state index contributed by atoms with van der Waals surface area (Å²) in [7, 11) is 2.10. The lowest BCUT2D eigenvalue weighted by atomic mass is 9.98. The van der Waals surface area contributed by atoms with E-state index < -0.39 is 86.6 Å². The van der Waals surface area contributed by atoms with Crippen LogP contribution in [0, 0.1) is 9.81 Å². The van der Waals surface area contributed by atoms with E-state index in [-0.39, 0.29) is 0 Å². The van der Waals surface area contributed by atoms with Crippen molar-refractivity contribution in [2.75, 3.05) is 33.8 Å². The number of carbonyl (C=O) groups excluding carboxylic acids is 2. The van der Waals surface area contributed by atoms with E-state index in [1.165, 1.54) is 0 Å². The highest BCUT2D eigenvalue weighted by molar-refractivity contribution is 5.73. The first kappa shape index (κ1) is 28.6. The van der Waals surface area contributed by atoms with Crippen LogP contribution in [0.3, 0.4) is 0 Å². The highest BCUT2D eigenvalue weighted by atomic mass is 16.8. The van der Waals surface area contributed by atoms with Crippen LogP contribution in [-0.4, -0.2) is 141 Å². The lowest BCUT2D eigenvalue weighted by molar-refractivity contribution is -0.380. The van der Waals surface area contributed by atoms with E-state index in [1.807, 2.05) is 0 Å². The highest BCUT2D eigenvalue weighted by Crippen LogP contribution is 2.36. The zero-order valence-corrected chi connectivity index (χ0v) is 18.6. The standard InChI is InChI=1S/C16H28N6O13/c1-21(19-31)14(29)17-3-6-8(24)10(26)11(27)13(33-6)35-16(5-23)12(28)9(25)7(34-16)4-18-15(30)22(2)20-32/h6-13,23-28H,3-5H2,1-2H3,(H,17,29)(H,18,30)/t6-,7-,8-,9-,10+,11-,12+,13-,16+/m1/s1. The molecule has 35 heavy (non-hydrogen) atoms. The van der Waals surface area contributed by atoms with E-state index in [4.69, 9.17) is 14.2 Å². The maximum atomic E-state index is 11.7. The molecular formula is C16H28N6O13. The van der Waals surface area contributed by atoms with Crippen LogP contribution in [0.15, 0.2) is 10.6 Å². The van der Waals surface area contributed by atoms with Gasteiger partial charge in [0, 0.05) is 27.2 Å². The highest BCUT2D eigenvalue weighted by Gasteiger charge is 2.58. The van der Waals surface area contributed by atoms with E-state index in [0.29, 0.717) is 10.0 Å². The molecule has 0 bridgehead atoms. The molecule has 200 valence electrons. The van der Waals surface area contributed by atoms with Gasteiger partial charge in [-0.25, -0.2) is 9.59 Å². The molecule has 2 fully saturated rings. The summed E-state index contributed by atoms with van der Waals surface area (Å²) in [5.41, 5.74) is 0. The van der Waals surface area contributed by atoms with E-state index in [0.717, 1.165) is 14.1 Å². The molecule has 0 unspecified atom stereocenters. The molecule has 2 heterocycles. The summed E-state index contributed by atoms with van der Waals surface area (Å²) in [6.45, 7) is -2.06. The van der Waals surface area contributed by atoms with Gasteiger partial charge in [0.05, 0.1) is 10.6 Å². The van der Waals surface area contributed by atoms with Crippen LogP contribution in [0.4, 0.5) is 9.59 Å². The van der Waals surface area contributed by atoms with Gasteiger partial charge < -0.3 is 55.5 Å². The number of amides is 4. The van der Waals surface area contributed by atoms with Gasteiger partial charge in [-0.1, -0.05) is 0 Å². The molecule has 0 aliphatic carbocycles. The Morgan fingerprint density at radius 2 is 1.40 bits per heavy atom. The summed E-state index contributed by atoms with van der Waals surface area (Å²) in [6.07, 6.45) is -13.9. The smallest absolute Gasteiger partial charge is 0.340 e. The zero-order valence-electron chi connectivity index (χ0n) is 18.6. The first-order valence-electron chi connectivity index (χ1n) is 10.1. The Balaban J connectivity index is 2.11. The maximum Gasteiger partial charge on any atom is 0.340 e. The third-order valence-corrected chi connectivity index (χ3v) is 5.45. The second-order valence-electron chi connectivity index (χ2n) is 7.78. The molecule has 0 aromatic carbocycles. The van der Waals surface area contributed by atoms with Crippen molar-refractivity contribution in [3.63, 3.8) is 0 Å². The average Bonchev–Trinajstić information content (AvgIpc) is 3.10. The van der Waals surface area contributed by atoms with Gasteiger partial charge in [-0.3, -0.25) is 0 Å². The van der Waals surface area contributed by atoms with Crippen molar-refractivity contribution in [2.45, 2.75) is 54.8 Å². The average molecular weight is 512 g/mol. The number of nitrogens with one attached hydrogen (secondary N) is 2. The number of hydrogen-bond acceptors (Lipinski definition) is 15. The molecule has 0 radical (unpaired) electrons. The lowest BCUT2D eigenvalue weighted by Gasteiger charge is -2.43. The summed E-state index contributed by atoms with van der Waals surface area (Å²) in [6, 6.07) is -1.94. The van der Waals surface area contributed by atoms with Crippen LogP contribution in [0.5, 0.6) is 0 Å². The molecule has 0 aromatic rings. The van der Waals surface area contributed by atoms with Crippen LogP contribution in [0.1, 0.15) is 0 Å². The Morgan fingerprint density at radius 3 is 1.89 bits per heavy atom. The van der Waals surface area contributed by atoms with Crippen molar-refractivity contribution in [3.8, 4) is 0 Å². The Kier molecular flexibility index (Phi) is 9.71. The molecule has 19 heteroatoms. The van der Waals surface area contributed by atoms with Crippen LogP contribution < -0.4 is 10.6 Å². The fraction of sp³-hybridized carbons (Fsp3) is 0.875. The van der Waals surface area contributed by atoms with Gasteiger partial charge in [0.25, 0.3) is 0 Å². The van der Waals surface area contributed by atoms with Crippen molar-refractivity contribution < 1.29 is 54.4 Å². The van der Waals surface area contributed by atoms with Crippen molar-refractivity contribution in [1.29, 1.82) is 0 Å². The zero-order chi connectivity index (χ0) is 26.5. The molecular weight excluding hydrogens is 484 g/mol. The van der Waals surface area contributed by atoms with Gasteiger partial charge >= 0.3 is 12.1 Å². The summed E-state index contributed by atoms with van der Waals surface area (Å²) in [5.74, 6) is -2.42. The van der Waals surface area contributed by atoms with Crippen molar-refractivity contribution in [2.24, 2.45) is 10.6 Å². The Hall–Kier alpha value is -2.62. The molecule has 0 aromatic heterocycles. The Morgan fingerprint density at radius 1 is 0.886 bits per heavy atom. The van der Waals surface area contributed by atoms with Gasteiger partial charge in [-0.15, -0.1) is 9.81 Å². The number of rotatable bonds is 9. The molecule has 2 rings (SSSR count). The van der Waals surface area contributed by atoms with E-state index in [1.54, 1.807) is 0 Å². The fourth-order valence-electron chi connectivity index (χ4n) is 3.35. The molecule has 8 N–H and O–H groups in total. The number of aliphatic hydroxyl groups excluding tert-OH is 6. The minimum absolute atomic E-state index is 0.404. The van der Waals surface area contributed by atoms with E-state index in [9.17, 15) is 50.0 Å². The molecule has 19 nitrogen and oxygen atoms in total. The number of urea groups is 2. The van der Waals surface area contributed by atoms with Crippen molar-refractivity contribution in [3.05, 3.63) is 9.81 Å². The summed E-state index contributed by atoms with van der Waals surface area (Å²) < 4.78 is 16.2. The maximum absolute atomic E-state index is 11.7. The molecule has 2 aliphatic rings. The third-order valence-electron chi connectivity index (χ3n) is 5.45. The van der Waals surface area contributed by atoms with E-state index in [2.05, 4.69) is 21.2 Å². The number of carbonyl (C=O) groups is 2. The van der Waals surface area contributed by atoms with Crippen molar-refractivity contribution >= 4 is 12.1 Å². The quantitative estimate of drug-likeness (QED) is 0.107. The first-order chi connectivity index (χ1) is 16.4. The van der Waals surface area contributed by atoms with Gasteiger partial charge in [-0.05, 0) is 0 Å². The second kappa shape index (κ2) is 11.9. The second-order valence-corrected chi connectivity index (χ2v) is 7.78. The van der Waals surface area contributed by atoms with Crippen LogP contribution in [0.25, 0.3) is 0 Å². The van der Waals surface area contributed by atoms with Crippen LogP contribution >= 0.6 is 0 Å². The summed E-state index contributed by atoms with van der Waals surface area (Å²) in [5, 5.41) is 71.2. The Bertz CT molecular complexity index is 778. The molecule has 2 saturated heterocycles. The largest absolute Gasteiger partial charge is 0.391 e. The summed E-state index contributed by atoms with van der Waals surface area (Å²) >= 11 is 0. The van der Waals surface area contributed by atoms with E-state index >= 15 is 0 Å². The topological polar surface area (TPSA) is 273 Å². The van der Waals surface area contributed by atoms with Gasteiger partial charge in [0.15, 0.2) is 6.29 Å². The Labute approximate surface area is 197 Å². The molecule has 4 amide bonds. The molecule has 0 spiro atoms. The van der Waals surface area contributed by atoms with Gasteiger partial charge in [-0.2, -0.15) is 10.0 Å². The third kappa shape index (κ3) is 6.15. The SMILES string of the molecule is CN(N=O)C(=O)NC[C@H]1O[C@@](CO)(O[C@H]2O[C@H](CNC(=O)N(C)N=O)[C@@H](O)[C@H](O)[C@H]2O)[C@@H](O)[C@@H]1O. The van der Waals surface area contributed by atoms with Crippen molar-refractivity contribution in [1.82, 2.24) is 20.7 Å². The predicted octanol–water partition coefficient (Wildman–Crippen LogP) is -4.73. The lowest BCUT2D eigenvalue weighted by Crippen LogP contribution is -2.63. The normalized spacial score (nSPS) is 36.8. The first-order valence-corrected chi connectivity index (χ1v) is 10.1. The number of nitroso groups, excluding NO2 is 2. The number of nitrogens with zero attached hydrogens (tertiary/aromatic N) is 4. The number of ether oxygens (including phenoxy) is 3. The number of hydrogen-bond donors (Lipinski definition) is 8. The minimum Gasteiger partial charge on any atom is -0.391 e. The van der Waals surface area contributed by atoms with Gasteiger partial charge in [0.1, 0.15) is 49.3 Å². The molecule has 9 atom stereocenters. The predicted molar refractivity (Wildman–Crippen MR) is 108 cm³/mol. The summed E-state index contributed by atoms with van der Waals surface area (Å²) in [4.78, 5) is 44.1. The molecule has 2 aliphatic heterocycles. The van der Waals surface area contributed by atoms with Gasteiger partial charge in [0.2, 0.25) is 5.79 Å². The van der Waals surface area contributed by atoms with Crippen LogP contribution in [0.2, 0.25) is 0 Å².